The lowest BCUT2D eigenvalue weighted by molar-refractivity contribution is -0.385. The maximum atomic E-state index is 11.9. The first-order valence-corrected chi connectivity index (χ1v) is 7.19. The number of nitro groups is 1. The van der Waals surface area contributed by atoms with E-state index in [-0.39, 0.29) is 18.2 Å². The molecule has 7 heteroatoms. The Morgan fingerprint density at radius 2 is 1.95 bits per heavy atom. The lowest BCUT2D eigenvalue weighted by Crippen LogP contribution is -2.20. The first-order valence-electron chi connectivity index (χ1n) is 6.39. The zero-order valence-electron chi connectivity index (χ0n) is 11.7. The van der Waals surface area contributed by atoms with Crippen LogP contribution in [0.15, 0.2) is 46.9 Å². The van der Waals surface area contributed by atoms with Crippen LogP contribution < -0.4 is 10.1 Å². The number of hydrogen-bond donors (Lipinski definition) is 1. The Morgan fingerprint density at radius 1 is 1.27 bits per heavy atom. The minimum absolute atomic E-state index is 0.0355. The lowest BCUT2D eigenvalue weighted by atomic mass is 10.1. The molecular weight excluding hydrogens is 352 g/mol. The van der Waals surface area contributed by atoms with Crippen molar-refractivity contribution in [3.63, 3.8) is 0 Å². The normalized spacial score (nSPS) is 10.1. The van der Waals surface area contributed by atoms with Crippen molar-refractivity contribution in [1.29, 1.82) is 0 Å². The molecule has 114 valence electrons. The van der Waals surface area contributed by atoms with Crippen LogP contribution in [0.2, 0.25) is 0 Å². The van der Waals surface area contributed by atoms with E-state index in [1.165, 1.54) is 12.1 Å². The predicted octanol–water partition coefficient (Wildman–Crippen LogP) is 3.68. The van der Waals surface area contributed by atoms with Crippen LogP contribution >= 0.6 is 15.9 Å². The summed E-state index contributed by atoms with van der Waals surface area (Å²) >= 11 is 3.31. The van der Waals surface area contributed by atoms with Gasteiger partial charge in [0.15, 0.2) is 6.61 Å². The number of hydrogen-bond acceptors (Lipinski definition) is 4. The van der Waals surface area contributed by atoms with Crippen LogP contribution in [0.4, 0.5) is 11.4 Å². The van der Waals surface area contributed by atoms with Gasteiger partial charge in [0, 0.05) is 10.5 Å². The highest BCUT2D eigenvalue weighted by molar-refractivity contribution is 9.10. The van der Waals surface area contributed by atoms with Gasteiger partial charge in [0.05, 0.1) is 16.2 Å². The molecule has 1 N–H and O–H groups in total. The molecule has 2 aromatic rings. The molecule has 0 aliphatic heterocycles. The van der Waals surface area contributed by atoms with E-state index in [0.29, 0.717) is 17.0 Å². The molecule has 6 nitrogen and oxygen atoms in total. The summed E-state index contributed by atoms with van der Waals surface area (Å²) in [7, 11) is 0. The van der Waals surface area contributed by atoms with E-state index in [1.54, 1.807) is 37.3 Å². The van der Waals surface area contributed by atoms with Crippen LogP contribution in [-0.4, -0.2) is 17.4 Å². The average molecular weight is 365 g/mol. The Bertz CT molecular complexity index is 701. The zero-order valence-corrected chi connectivity index (χ0v) is 13.3. The van der Waals surface area contributed by atoms with Gasteiger partial charge in [-0.15, -0.1) is 0 Å². The molecule has 0 radical (unpaired) electrons. The van der Waals surface area contributed by atoms with Gasteiger partial charge in [0.25, 0.3) is 11.6 Å². The lowest BCUT2D eigenvalue weighted by Gasteiger charge is -2.09. The van der Waals surface area contributed by atoms with Gasteiger partial charge >= 0.3 is 0 Å². The number of carbonyl (C=O) groups is 1. The van der Waals surface area contributed by atoms with Gasteiger partial charge < -0.3 is 10.1 Å². The summed E-state index contributed by atoms with van der Waals surface area (Å²) in [5.74, 6) is 0.181. The Morgan fingerprint density at radius 3 is 2.59 bits per heavy atom. The fraction of sp³-hybridized carbons (Fsp3) is 0.133. The summed E-state index contributed by atoms with van der Waals surface area (Å²) in [5, 5.41) is 13.5. The van der Waals surface area contributed by atoms with Crippen molar-refractivity contribution in [1.82, 2.24) is 0 Å². The summed E-state index contributed by atoms with van der Waals surface area (Å²) in [6.45, 7) is 1.41. The van der Waals surface area contributed by atoms with Crippen molar-refractivity contribution in [3.05, 3.63) is 62.6 Å². The van der Waals surface area contributed by atoms with E-state index in [0.717, 1.165) is 4.47 Å². The third-order valence-corrected chi connectivity index (χ3v) is 3.49. The topological polar surface area (TPSA) is 81.5 Å². The first kappa shape index (κ1) is 16.0. The second-order valence-electron chi connectivity index (χ2n) is 4.50. The molecule has 22 heavy (non-hydrogen) atoms. The largest absolute Gasteiger partial charge is 0.484 e. The van der Waals surface area contributed by atoms with Crippen molar-refractivity contribution in [3.8, 4) is 5.75 Å². The second-order valence-corrected chi connectivity index (χ2v) is 5.41. The highest BCUT2D eigenvalue weighted by atomic mass is 79.9. The standard InChI is InChI=1S/C15H13BrN2O4/c1-10-13(3-2-4-14(10)18(20)21)17-15(19)9-22-12-7-5-11(16)6-8-12/h2-8H,9H2,1H3,(H,17,19). The predicted molar refractivity (Wildman–Crippen MR) is 86.1 cm³/mol. The molecule has 1 amide bonds. The third-order valence-electron chi connectivity index (χ3n) is 2.96. The van der Waals surface area contributed by atoms with Crippen LogP contribution in [0, 0.1) is 17.0 Å². The highest BCUT2D eigenvalue weighted by Crippen LogP contribution is 2.25. The number of benzene rings is 2. The maximum absolute atomic E-state index is 11.9. The summed E-state index contributed by atoms with van der Waals surface area (Å²) in [6.07, 6.45) is 0. The summed E-state index contributed by atoms with van der Waals surface area (Å²) in [5.41, 5.74) is 0.773. The van der Waals surface area contributed by atoms with Crippen LogP contribution in [-0.2, 0) is 4.79 Å². The number of nitrogens with zero attached hydrogens (tertiary/aromatic N) is 1. The fourth-order valence-corrected chi connectivity index (χ4v) is 2.09. The Labute approximate surface area is 135 Å². The molecule has 0 atom stereocenters. The number of ether oxygens (including phenoxy) is 1. The molecule has 0 heterocycles. The Hall–Kier alpha value is -2.41. The van der Waals surface area contributed by atoms with Crippen LogP contribution in [0.3, 0.4) is 0 Å². The molecule has 0 aromatic heterocycles. The highest BCUT2D eigenvalue weighted by Gasteiger charge is 2.14. The minimum Gasteiger partial charge on any atom is -0.484 e. The van der Waals surface area contributed by atoms with E-state index in [9.17, 15) is 14.9 Å². The zero-order chi connectivity index (χ0) is 16.1. The molecule has 0 saturated heterocycles. The molecular formula is C15H13BrN2O4. The smallest absolute Gasteiger partial charge is 0.274 e. The van der Waals surface area contributed by atoms with Gasteiger partial charge in [-0.1, -0.05) is 22.0 Å². The molecule has 0 spiro atoms. The fourth-order valence-electron chi connectivity index (χ4n) is 1.82. The Kier molecular flexibility index (Phi) is 5.11. The third kappa shape index (κ3) is 4.05. The van der Waals surface area contributed by atoms with E-state index in [2.05, 4.69) is 21.2 Å². The summed E-state index contributed by atoms with van der Waals surface area (Å²) in [6, 6.07) is 11.6. The molecule has 0 bridgehead atoms. The number of amides is 1. The average Bonchev–Trinajstić information content (AvgIpc) is 2.48. The summed E-state index contributed by atoms with van der Waals surface area (Å²) < 4.78 is 6.26. The van der Waals surface area contributed by atoms with E-state index >= 15 is 0 Å². The number of nitro benzene ring substituents is 1. The second kappa shape index (κ2) is 7.04. The number of halogens is 1. The van der Waals surface area contributed by atoms with Gasteiger partial charge in [-0.2, -0.15) is 0 Å². The van der Waals surface area contributed by atoms with Gasteiger partial charge in [-0.3, -0.25) is 14.9 Å². The van der Waals surface area contributed by atoms with E-state index < -0.39 is 4.92 Å². The van der Waals surface area contributed by atoms with Crippen molar-refractivity contribution in [2.24, 2.45) is 0 Å². The number of anilines is 1. The van der Waals surface area contributed by atoms with Crippen LogP contribution in [0.25, 0.3) is 0 Å². The van der Waals surface area contributed by atoms with Gasteiger partial charge in [0.1, 0.15) is 5.75 Å². The summed E-state index contributed by atoms with van der Waals surface area (Å²) in [4.78, 5) is 22.3. The maximum Gasteiger partial charge on any atom is 0.274 e. The SMILES string of the molecule is Cc1c(NC(=O)COc2ccc(Br)cc2)cccc1[N+](=O)[O-]. The van der Waals surface area contributed by atoms with E-state index in [4.69, 9.17) is 4.74 Å². The number of rotatable bonds is 5. The van der Waals surface area contributed by atoms with Gasteiger partial charge in [-0.05, 0) is 37.3 Å². The van der Waals surface area contributed by atoms with E-state index in [1.807, 2.05) is 0 Å². The van der Waals surface area contributed by atoms with Crippen molar-refractivity contribution in [2.45, 2.75) is 6.92 Å². The number of carbonyl (C=O) groups excluding carboxylic acids is 1. The quantitative estimate of drug-likeness (QED) is 0.647. The number of nitrogens with one attached hydrogen (secondary N) is 1. The molecule has 0 saturated carbocycles. The van der Waals surface area contributed by atoms with Crippen molar-refractivity contribution < 1.29 is 14.5 Å². The molecule has 2 rings (SSSR count). The minimum atomic E-state index is -0.483. The van der Waals surface area contributed by atoms with Crippen molar-refractivity contribution in [2.75, 3.05) is 11.9 Å². The Balaban J connectivity index is 1.99. The van der Waals surface area contributed by atoms with Crippen LogP contribution in [0.1, 0.15) is 5.56 Å². The monoisotopic (exact) mass is 364 g/mol. The van der Waals surface area contributed by atoms with Gasteiger partial charge in [0.2, 0.25) is 0 Å². The first-order chi connectivity index (χ1) is 10.5. The van der Waals surface area contributed by atoms with Crippen LogP contribution in [0.5, 0.6) is 5.75 Å². The molecule has 0 fully saturated rings. The van der Waals surface area contributed by atoms with Gasteiger partial charge in [-0.25, -0.2) is 0 Å². The molecule has 2 aromatic carbocycles. The molecule has 0 aliphatic rings. The molecule has 0 unspecified atom stereocenters. The molecule has 0 aliphatic carbocycles. The van der Waals surface area contributed by atoms with Crippen molar-refractivity contribution >= 4 is 33.2 Å².